The average molecular weight is 409 g/mol. The van der Waals surface area contributed by atoms with E-state index in [-0.39, 0.29) is 0 Å². The number of rotatable bonds is 9. The molecule has 2 aromatic rings. The Kier molecular flexibility index (Phi) is 7.52. The van der Waals surface area contributed by atoms with Crippen molar-refractivity contribution < 1.29 is 18.0 Å². The molecular formula is C22H30F3N3O. The van der Waals surface area contributed by atoms with Gasteiger partial charge in [0.15, 0.2) is 0 Å². The highest BCUT2D eigenvalue weighted by Gasteiger charge is 2.31. The lowest BCUT2D eigenvalue weighted by molar-refractivity contribution is -0.137. The first kappa shape index (κ1) is 23.0. The van der Waals surface area contributed by atoms with Gasteiger partial charge in [0, 0.05) is 23.5 Å². The highest BCUT2D eigenvalue weighted by molar-refractivity contribution is 6.02. The summed E-state index contributed by atoms with van der Waals surface area (Å²) in [6, 6.07) is 4.98. The van der Waals surface area contributed by atoms with Crippen LogP contribution in [-0.4, -0.2) is 36.0 Å². The standard InChI is InChI=1S/C22H30F3N3O/c1-5-6-8-18-20(16-9-11-17(12-10-16)22(23,24)25)19(21(26)29)15(2)28(18)14-7-13-27(3)4/h9-12H,5-8,13-14H2,1-4H3,(H2,26,29). The quantitative estimate of drug-likeness (QED) is 0.642. The Morgan fingerprint density at radius 1 is 1.14 bits per heavy atom. The molecule has 0 aliphatic rings. The van der Waals surface area contributed by atoms with Crippen LogP contribution in [0.1, 0.15) is 53.5 Å². The van der Waals surface area contributed by atoms with Crippen molar-refractivity contribution in [3.05, 3.63) is 46.8 Å². The van der Waals surface area contributed by atoms with Crippen LogP contribution in [0.5, 0.6) is 0 Å². The fourth-order valence-electron chi connectivity index (χ4n) is 3.69. The summed E-state index contributed by atoms with van der Waals surface area (Å²) in [5, 5.41) is 0. The largest absolute Gasteiger partial charge is 0.416 e. The molecule has 0 saturated heterocycles. The van der Waals surface area contributed by atoms with E-state index in [2.05, 4.69) is 16.4 Å². The van der Waals surface area contributed by atoms with Crippen LogP contribution in [0.2, 0.25) is 0 Å². The second kappa shape index (κ2) is 9.48. The van der Waals surface area contributed by atoms with Crippen LogP contribution in [0, 0.1) is 6.92 Å². The monoisotopic (exact) mass is 409 g/mol. The first-order valence-corrected chi connectivity index (χ1v) is 9.92. The summed E-state index contributed by atoms with van der Waals surface area (Å²) in [6.07, 6.45) is -0.872. The number of unbranched alkanes of at least 4 members (excludes halogenated alkanes) is 1. The van der Waals surface area contributed by atoms with Gasteiger partial charge >= 0.3 is 6.18 Å². The highest BCUT2D eigenvalue weighted by atomic mass is 19.4. The van der Waals surface area contributed by atoms with Gasteiger partial charge in [0.05, 0.1) is 11.1 Å². The predicted molar refractivity (Wildman–Crippen MR) is 110 cm³/mol. The van der Waals surface area contributed by atoms with E-state index in [1.54, 1.807) is 0 Å². The average Bonchev–Trinajstić information content (AvgIpc) is 2.91. The van der Waals surface area contributed by atoms with Gasteiger partial charge in [-0.2, -0.15) is 13.2 Å². The molecule has 2 rings (SSSR count). The lowest BCUT2D eigenvalue weighted by atomic mass is 9.96. The Morgan fingerprint density at radius 2 is 1.76 bits per heavy atom. The minimum atomic E-state index is -4.40. The normalized spacial score (nSPS) is 12.0. The molecule has 0 atom stereocenters. The summed E-state index contributed by atoms with van der Waals surface area (Å²) in [5.74, 6) is -0.554. The molecule has 0 unspecified atom stereocenters. The van der Waals surface area contributed by atoms with Gasteiger partial charge < -0.3 is 15.2 Å². The fraction of sp³-hybridized carbons (Fsp3) is 0.500. The molecule has 0 aliphatic carbocycles. The molecule has 0 aliphatic heterocycles. The SMILES string of the molecule is CCCCc1c(-c2ccc(C(F)(F)F)cc2)c(C(N)=O)c(C)n1CCCN(C)C. The Balaban J connectivity index is 2.59. The first-order valence-electron chi connectivity index (χ1n) is 9.92. The second-order valence-electron chi connectivity index (χ2n) is 7.63. The van der Waals surface area contributed by atoms with E-state index >= 15 is 0 Å². The Labute approximate surface area is 170 Å². The summed E-state index contributed by atoms with van der Waals surface area (Å²) < 4.78 is 41.0. The number of primary amides is 1. The topological polar surface area (TPSA) is 51.3 Å². The second-order valence-corrected chi connectivity index (χ2v) is 7.63. The molecule has 1 amide bonds. The van der Waals surface area contributed by atoms with Crippen LogP contribution in [0.3, 0.4) is 0 Å². The Hall–Kier alpha value is -2.28. The molecule has 0 saturated carbocycles. The minimum absolute atomic E-state index is 0.403. The molecule has 1 heterocycles. The first-order chi connectivity index (χ1) is 13.6. The zero-order chi connectivity index (χ0) is 21.8. The third-order valence-corrected chi connectivity index (χ3v) is 5.13. The zero-order valence-electron chi connectivity index (χ0n) is 17.6. The number of amides is 1. The molecule has 1 aromatic heterocycles. The van der Waals surface area contributed by atoms with Gasteiger partial charge in [-0.1, -0.05) is 25.5 Å². The van der Waals surface area contributed by atoms with Gasteiger partial charge in [-0.25, -0.2) is 0 Å². The maximum absolute atomic E-state index is 13.0. The van der Waals surface area contributed by atoms with Crippen LogP contribution in [0.25, 0.3) is 11.1 Å². The number of alkyl halides is 3. The van der Waals surface area contributed by atoms with E-state index in [1.165, 1.54) is 12.1 Å². The van der Waals surface area contributed by atoms with Gasteiger partial charge in [-0.05, 0) is 64.5 Å². The Morgan fingerprint density at radius 3 is 2.24 bits per heavy atom. The van der Waals surface area contributed by atoms with Crippen molar-refractivity contribution in [2.45, 2.75) is 52.3 Å². The van der Waals surface area contributed by atoms with Crippen molar-refractivity contribution in [3.8, 4) is 11.1 Å². The van der Waals surface area contributed by atoms with Crippen molar-refractivity contribution in [2.24, 2.45) is 5.73 Å². The number of halogens is 3. The lowest BCUT2D eigenvalue weighted by Crippen LogP contribution is -2.17. The van der Waals surface area contributed by atoms with E-state index in [0.717, 1.165) is 62.3 Å². The molecule has 7 heteroatoms. The van der Waals surface area contributed by atoms with Gasteiger partial charge in [0.25, 0.3) is 5.91 Å². The third-order valence-electron chi connectivity index (χ3n) is 5.13. The van der Waals surface area contributed by atoms with Crippen LogP contribution >= 0.6 is 0 Å². The van der Waals surface area contributed by atoms with Crippen LogP contribution in [-0.2, 0) is 19.1 Å². The van der Waals surface area contributed by atoms with Crippen molar-refractivity contribution in [1.82, 2.24) is 9.47 Å². The minimum Gasteiger partial charge on any atom is -0.366 e. The number of carbonyl (C=O) groups excluding carboxylic acids is 1. The van der Waals surface area contributed by atoms with Crippen LogP contribution < -0.4 is 5.73 Å². The summed E-state index contributed by atoms with van der Waals surface area (Å²) in [4.78, 5) is 14.4. The molecule has 4 nitrogen and oxygen atoms in total. The number of aromatic nitrogens is 1. The van der Waals surface area contributed by atoms with E-state index in [9.17, 15) is 18.0 Å². The zero-order valence-corrected chi connectivity index (χ0v) is 17.6. The number of benzene rings is 1. The molecule has 29 heavy (non-hydrogen) atoms. The number of nitrogens with zero attached hydrogens (tertiary/aromatic N) is 2. The van der Waals surface area contributed by atoms with Crippen molar-refractivity contribution in [1.29, 1.82) is 0 Å². The highest BCUT2D eigenvalue weighted by Crippen LogP contribution is 2.36. The Bertz CT molecular complexity index is 836. The number of hydrogen-bond acceptors (Lipinski definition) is 2. The fourth-order valence-corrected chi connectivity index (χ4v) is 3.69. The van der Waals surface area contributed by atoms with E-state index < -0.39 is 17.6 Å². The maximum Gasteiger partial charge on any atom is 0.416 e. The third kappa shape index (κ3) is 5.41. The molecular weight excluding hydrogens is 379 g/mol. The van der Waals surface area contributed by atoms with Gasteiger partial charge in [0.1, 0.15) is 0 Å². The number of carbonyl (C=O) groups is 1. The molecule has 1 aromatic carbocycles. The molecule has 2 N–H and O–H groups in total. The van der Waals surface area contributed by atoms with Gasteiger partial charge in [0.2, 0.25) is 0 Å². The molecule has 0 fully saturated rings. The predicted octanol–water partition coefficient (Wildman–Crippen LogP) is 4.88. The van der Waals surface area contributed by atoms with Crippen LogP contribution in [0.15, 0.2) is 24.3 Å². The summed E-state index contributed by atoms with van der Waals surface area (Å²) in [6.45, 7) is 5.56. The van der Waals surface area contributed by atoms with Crippen molar-refractivity contribution in [2.75, 3.05) is 20.6 Å². The van der Waals surface area contributed by atoms with Gasteiger partial charge in [-0.15, -0.1) is 0 Å². The number of hydrogen-bond donors (Lipinski definition) is 1. The molecule has 0 spiro atoms. The molecule has 160 valence electrons. The van der Waals surface area contributed by atoms with E-state index in [1.807, 2.05) is 21.0 Å². The molecule has 0 radical (unpaired) electrons. The maximum atomic E-state index is 13.0. The van der Waals surface area contributed by atoms with Crippen LogP contribution in [0.4, 0.5) is 13.2 Å². The van der Waals surface area contributed by atoms with Crippen molar-refractivity contribution in [3.63, 3.8) is 0 Å². The number of nitrogens with two attached hydrogens (primary N) is 1. The summed E-state index contributed by atoms with van der Waals surface area (Å²) >= 11 is 0. The van der Waals surface area contributed by atoms with Crippen molar-refractivity contribution >= 4 is 5.91 Å². The summed E-state index contributed by atoms with van der Waals surface area (Å²) in [5.41, 5.74) is 8.40. The van der Waals surface area contributed by atoms with Gasteiger partial charge in [-0.3, -0.25) is 4.79 Å². The summed E-state index contributed by atoms with van der Waals surface area (Å²) in [7, 11) is 4.01. The van der Waals surface area contributed by atoms with E-state index in [4.69, 9.17) is 5.73 Å². The molecule has 0 bridgehead atoms. The van der Waals surface area contributed by atoms with E-state index in [0.29, 0.717) is 16.7 Å². The lowest BCUT2D eigenvalue weighted by Gasteiger charge is -2.15. The smallest absolute Gasteiger partial charge is 0.366 e.